The van der Waals surface area contributed by atoms with Gasteiger partial charge in [-0.15, -0.1) is 0 Å². The van der Waals surface area contributed by atoms with Crippen molar-refractivity contribution in [2.45, 2.75) is 25.9 Å². The smallest absolute Gasteiger partial charge is 0.339 e. The Morgan fingerprint density at radius 2 is 2.08 bits per heavy atom. The molecular formula is C19H21ClN2O4. The third-order valence-corrected chi connectivity index (χ3v) is 5.26. The summed E-state index contributed by atoms with van der Waals surface area (Å²) in [5, 5.41) is 0.969. The normalized spacial score (nSPS) is 16.8. The molecule has 2 aliphatic heterocycles. The molecule has 0 spiro atoms. The second-order valence-electron chi connectivity index (χ2n) is 6.60. The topological polar surface area (TPSA) is 60.9 Å². The minimum atomic E-state index is -0.379. The van der Waals surface area contributed by atoms with Crippen LogP contribution in [0.15, 0.2) is 12.1 Å². The average Bonchev–Trinajstić information content (AvgIpc) is 3.29. The Morgan fingerprint density at radius 1 is 1.27 bits per heavy atom. The SMILES string of the molecule is COc1cc2c3c(c(Cl)nc2cc1OCCCN1CCCC1)COC3=O. The standard InChI is InChI=1S/C19H21ClN2O4/c1-24-15-9-12-14(21-18(20)13-11-26-19(23)17(12)13)10-16(15)25-8-4-7-22-5-2-3-6-22/h9-10H,2-8,11H2,1H3. The fourth-order valence-electron chi connectivity index (χ4n) is 3.60. The molecule has 1 saturated heterocycles. The van der Waals surface area contributed by atoms with Gasteiger partial charge in [0.2, 0.25) is 0 Å². The maximum Gasteiger partial charge on any atom is 0.339 e. The van der Waals surface area contributed by atoms with Crippen molar-refractivity contribution >= 4 is 28.5 Å². The minimum Gasteiger partial charge on any atom is -0.493 e. The van der Waals surface area contributed by atoms with Gasteiger partial charge in [-0.2, -0.15) is 0 Å². The van der Waals surface area contributed by atoms with Gasteiger partial charge in [-0.25, -0.2) is 9.78 Å². The lowest BCUT2D eigenvalue weighted by Crippen LogP contribution is -2.21. The molecule has 0 N–H and O–H groups in total. The maximum absolute atomic E-state index is 12.1. The van der Waals surface area contributed by atoms with Crippen molar-refractivity contribution in [1.82, 2.24) is 9.88 Å². The van der Waals surface area contributed by atoms with Crippen LogP contribution in [0, 0.1) is 0 Å². The van der Waals surface area contributed by atoms with Crippen LogP contribution in [-0.4, -0.2) is 49.2 Å². The van der Waals surface area contributed by atoms with Crippen molar-refractivity contribution in [3.63, 3.8) is 0 Å². The molecular weight excluding hydrogens is 356 g/mol. The Hall–Kier alpha value is -2.05. The number of hydrogen-bond donors (Lipinski definition) is 0. The second kappa shape index (κ2) is 7.29. The van der Waals surface area contributed by atoms with E-state index in [-0.39, 0.29) is 12.6 Å². The molecule has 3 heterocycles. The van der Waals surface area contributed by atoms with Crippen LogP contribution < -0.4 is 9.47 Å². The molecule has 26 heavy (non-hydrogen) atoms. The molecule has 0 aliphatic carbocycles. The van der Waals surface area contributed by atoms with Crippen LogP contribution in [0.1, 0.15) is 35.2 Å². The molecule has 2 aliphatic rings. The zero-order valence-corrected chi connectivity index (χ0v) is 15.5. The molecule has 0 atom stereocenters. The number of cyclic esters (lactones) is 1. The quantitative estimate of drug-likeness (QED) is 0.437. The Balaban J connectivity index is 1.57. The Labute approximate surface area is 157 Å². The van der Waals surface area contributed by atoms with E-state index in [1.54, 1.807) is 19.2 Å². The van der Waals surface area contributed by atoms with Crippen LogP contribution in [0.3, 0.4) is 0 Å². The van der Waals surface area contributed by atoms with E-state index in [1.165, 1.54) is 25.9 Å². The van der Waals surface area contributed by atoms with Gasteiger partial charge in [-0.3, -0.25) is 0 Å². The molecule has 7 heteroatoms. The first-order valence-corrected chi connectivity index (χ1v) is 9.27. The van der Waals surface area contributed by atoms with E-state index >= 15 is 0 Å². The van der Waals surface area contributed by atoms with Crippen molar-refractivity contribution in [2.24, 2.45) is 0 Å². The van der Waals surface area contributed by atoms with Gasteiger partial charge in [0.15, 0.2) is 11.5 Å². The van der Waals surface area contributed by atoms with Gasteiger partial charge in [-0.05, 0) is 38.4 Å². The number of ether oxygens (including phenoxy) is 3. The van der Waals surface area contributed by atoms with Crippen molar-refractivity contribution in [3.05, 3.63) is 28.4 Å². The molecule has 0 radical (unpaired) electrons. The van der Waals surface area contributed by atoms with E-state index < -0.39 is 0 Å². The fourth-order valence-corrected chi connectivity index (χ4v) is 3.84. The highest BCUT2D eigenvalue weighted by atomic mass is 35.5. The maximum atomic E-state index is 12.1. The van der Waals surface area contributed by atoms with Gasteiger partial charge in [0.1, 0.15) is 11.8 Å². The lowest BCUT2D eigenvalue weighted by atomic mass is 10.0. The summed E-state index contributed by atoms with van der Waals surface area (Å²) < 4.78 is 16.5. The number of halogens is 1. The van der Waals surface area contributed by atoms with Crippen LogP contribution in [0.25, 0.3) is 10.9 Å². The predicted octanol–water partition coefficient (Wildman–Crippen LogP) is 3.43. The van der Waals surface area contributed by atoms with Crippen molar-refractivity contribution < 1.29 is 19.0 Å². The molecule has 4 rings (SSSR count). The first-order valence-electron chi connectivity index (χ1n) is 8.90. The summed E-state index contributed by atoms with van der Waals surface area (Å²) in [6, 6.07) is 3.56. The van der Waals surface area contributed by atoms with E-state index in [9.17, 15) is 4.79 Å². The monoisotopic (exact) mass is 376 g/mol. The number of esters is 1. The number of aromatic nitrogens is 1. The van der Waals surface area contributed by atoms with Gasteiger partial charge >= 0.3 is 5.97 Å². The number of rotatable bonds is 6. The molecule has 2 aromatic rings. The van der Waals surface area contributed by atoms with Crippen LogP contribution in [0.5, 0.6) is 11.5 Å². The van der Waals surface area contributed by atoms with Crippen molar-refractivity contribution in [1.29, 1.82) is 0 Å². The zero-order valence-electron chi connectivity index (χ0n) is 14.7. The van der Waals surface area contributed by atoms with Gasteiger partial charge in [0, 0.05) is 23.6 Å². The highest BCUT2D eigenvalue weighted by molar-refractivity contribution is 6.31. The summed E-state index contributed by atoms with van der Waals surface area (Å²) >= 11 is 6.22. The summed E-state index contributed by atoms with van der Waals surface area (Å²) in [6.07, 6.45) is 3.53. The third kappa shape index (κ3) is 3.19. The highest BCUT2D eigenvalue weighted by Crippen LogP contribution is 2.38. The highest BCUT2D eigenvalue weighted by Gasteiger charge is 2.28. The van der Waals surface area contributed by atoms with Crippen LogP contribution in [0.2, 0.25) is 5.15 Å². The van der Waals surface area contributed by atoms with Crippen LogP contribution >= 0.6 is 11.6 Å². The summed E-state index contributed by atoms with van der Waals surface area (Å²) in [6.45, 7) is 4.16. The van der Waals surface area contributed by atoms with Crippen LogP contribution in [0.4, 0.5) is 0 Å². The number of benzene rings is 1. The summed E-state index contributed by atoms with van der Waals surface area (Å²) in [4.78, 5) is 18.9. The number of hydrogen-bond acceptors (Lipinski definition) is 6. The van der Waals surface area contributed by atoms with E-state index in [0.717, 1.165) is 13.0 Å². The zero-order chi connectivity index (χ0) is 18.1. The number of fused-ring (bicyclic) bond motifs is 3. The van der Waals surface area contributed by atoms with Crippen molar-refractivity contribution in [2.75, 3.05) is 33.4 Å². The van der Waals surface area contributed by atoms with Crippen molar-refractivity contribution in [3.8, 4) is 11.5 Å². The molecule has 0 saturated carbocycles. The first kappa shape index (κ1) is 17.4. The Morgan fingerprint density at radius 3 is 2.85 bits per heavy atom. The number of methoxy groups -OCH3 is 1. The lowest BCUT2D eigenvalue weighted by molar-refractivity contribution is 0.0536. The molecule has 0 bridgehead atoms. The number of nitrogens with zero attached hydrogens (tertiary/aromatic N) is 2. The minimum absolute atomic E-state index is 0.160. The Bertz CT molecular complexity index is 849. The molecule has 0 amide bonds. The Kier molecular flexibility index (Phi) is 4.87. The molecule has 1 aromatic carbocycles. The summed E-state index contributed by atoms with van der Waals surface area (Å²) in [7, 11) is 1.58. The van der Waals surface area contributed by atoms with E-state index in [0.29, 0.717) is 45.3 Å². The molecule has 1 fully saturated rings. The van der Waals surface area contributed by atoms with Gasteiger partial charge < -0.3 is 19.1 Å². The molecule has 0 unspecified atom stereocenters. The summed E-state index contributed by atoms with van der Waals surface area (Å²) in [5.41, 5.74) is 1.70. The van der Waals surface area contributed by atoms with Gasteiger partial charge in [0.05, 0.1) is 24.8 Å². The van der Waals surface area contributed by atoms with E-state index in [4.69, 9.17) is 25.8 Å². The number of pyridine rings is 1. The average molecular weight is 377 g/mol. The first-order chi connectivity index (χ1) is 12.7. The van der Waals surface area contributed by atoms with E-state index in [2.05, 4.69) is 9.88 Å². The number of likely N-dealkylation sites (tertiary alicyclic amines) is 1. The van der Waals surface area contributed by atoms with Gasteiger partial charge in [0.25, 0.3) is 0 Å². The lowest BCUT2D eigenvalue weighted by Gasteiger charge is -2.16. The van der Waals surface area contributed by atoms with E-state index in [1.807, 2.05) is 0 Å². The molecule has 138 valence electrons. The van der Waals surface area contributed by atoms with Gasteiger partial charge in [-0.1, -0.05) is 11.6 Å². The second-order valence-corrected chi connectivity index (χ2v) is 6.96. The largest absolute Gasteiger partial charge is 0.493 e. The predicted molar refractivity (Wildman–Crippen MR) is 98.2 cm³/mol. The number of carbonyl (C=O) groups excluding carboxylic acids is 1. The molecule has 6 nitrogen and oxygen atoms in total. The third-order valence-electron chi connectivity index (χ3n) is 4.95. The molecule has 1 aromatic heterocycles. The summed E-state index contributed by atoms with van der Waals surface area (Å²) in [5.74, 6) is 0.802. The van der Waals surface area contributed by atoms with Crippen LogP contribution in [-0.2, 0) is 11.3 Å². The fraction of sp³-hybridized carbons (Fsp3) is 0.474. The number of carbonyl (C=O) groups is 1.